The summed E-state index contributed by atoms with van der Waals surface area (Å²) in [7, 11) is 0. The lowest BCUT2D eigenvalue weighted by molar-refractivity contribution is 0.0697. The molecule has 20 heavy (non-hydrogen) atoms. The van der Waals surface area contributed by atoms with Gasteiger partial charge in [0.2, 0.25) is 0 Å². The molecular weight excluding hydrogens is 320 g/mol. The zero-order valence-corrected chi connectivity index (χ0v) is 11.8. The van der Waals surface area contributed by atoms with E-state index >= 15 is 0 Å². The molecule has 0 aliphatic rings. The van der Waals surface area contributed by atoms with Gasteiger partial charge < -0.3 is 5.11 Å². The third-order valence-electron chi connectivity index (χ3n) is 3.27. The van der Waals surface area contributed by atoms with Gasteiger partial charge in [-0.1, -0.05) is 40.2 Å². The summed E-state index contributed by atoms with van der Waals surface area (Å²) in [5, 5.41) is 11.6. The maximum Gasteiger partial charge on any atom is 0.335 e. The molecule has 0 aromatic heterocycles. The van der Waals surface area contributed by atoms with Crippen LogP contribution in [0.2, 0.25) is 0 Å². The van der Waals surface area contributed by atoms with Gasteiger partial charge in [-0.25, -0.2) is 4.79 Å². The van der Waals surface area contributed by atoms with E-state index in [0.717, 1.165) is 9.86 Å². The van der Waals surface area contributed by atoms with Crippen LogP contribution in [0.3, 0.4) is 0 Å². The average Bonchev–Trinajstić information content (AvgIpc) is 2.57. The Morgan fingerprint density at radius 2 is 1.70 bits per heavy atom. The van der Waals surface area contributed by atoms with Gasteiger partial charge >= 0.3 is 5.97 Å². The number of hydrogen-bond donors (Lipinski definition) is 1. The molecule has 0 saturated heterocycles. The number of halogens is 1. The van der Waals surface area contributed by atoms with E-state index < -0.39 is 5.97 Å². The SMILES string of the molecule is O=C(O)c1ccc2c(=O)c3cccc(Br)c3ccc2c1. The van der Waals surface area contributed by atoms with Gasteiger partial charge in [-0.15, -0.1) is 0 Å². The van der Waals surface area contributed by atoms with Crippen molar-refractivity contribution in [3.05, 3.63) is 68.8 Å². The summed E-state index contributed by atoms with van der Waals surface area (Å²) in [5.74, 6) is -1.00. The van der Waals surface area contributed by atoms with E-state index in [2.05, 4.69) is 15.9 Å². The highest BCUT2D eigenvalue weighted by Gasteiger charge is 2.07. The fraction of sp³-hybridized carbons (Fsp3) is 0. The van der Waals surface area contributed by atoms with Crippen molar-refractivity contribution in [3.8, 4) is 0 Å². The Morgan fingerprint density at radius 1 is 0.950 bits per heavy atom. The maximum absolute atomic E-state index is 12.6. The maximum atomic E-state index is 12.6. The molecule has 3 aromatic rings. The Kier molecular flexibility index (Phi) is 3.03. The predicted molar refractivity (Wildman–Crippen MR) is 82.4 cm³/mol. The summed E-state index contributed by atoms with van der Waals surface area (Å²) >= 11 is 3.43. The molecule has 0 aliphatic heterocycles. The monoisotopic (exact) mass is 328 g/mol. The summed E-state index contributed by atoms with van der Waals surface area (Å²) in [6.45, 7) is 0. The van der Waals surface area contributed by atoms with Crippen molar-refractivity contribution in [2.45, 2.75) is 0 Å². The second-order valence-electron chi connectivity index (χ2n) is 4.47. The van der Waals surface area contributed by atoms with Gasteiger partial charge in [-0.05, 0) is 35.0 Å². The molecule has 0 fully saturated rings. The standard InChI is InChI=1S/C16H9BrO3/c17-14-3-1-2-13-12(14)7-4-9-8-10(16(19)20)5-6-11(9)15(13)18/h1-8H,(H,19,20). The van der Waals surface area contributed by atoms with Gasteiger partial charge in [0.15, 0.2) is 5.43 Å². The van der Waals surface area contributed by atoms with E-state index in [9.17, 15) is 9.59 Å². The van der Waals surface area contributed by atoms with Gasteiger partial charge in [-0.3, -0.25) is 4.79 Å². The molecule has 0 heterocycles. The molecule has 0 amide bonds. The highest BCUT2D eigenvalue weighted by molar-refractivity contribution is 9.10. The molecule has 3 nitrogen and oxygen atoms in total. The predicted octanol–water partition coefficient (Wildman–Crippen LogP) is 3.81. The second-order valence-corrected chi connectivity index (χ2v) is 5.33. The quantitative estimate of drug-likeness (QED) is 0.738. The fourth-order valence-corrected chi connectivity index (χ4v) is 2.76. The van der Waals surface area contributed by atoms with Crippen molar-refractivity contribution in [1.29, 1.82) is 0 Å². The second kappa shape index (κ2) is 4.72. The van der Waals surface area contributed by atoms with Crippen molar-refractivity contribution in [1.82, 2.24) is 0 Å². The van der Waals surface area contributed by atoms with Crippen LogP contribution in [0.15, 0.2) is 57.8 Å². The molecule has 3 rings (SSSR count). The molecule has 0 radical (unpaired) electrons. The summed E-state index contributed by atoms with van der Waals surface area (Å²) in [5.41, 5.74) is 0.0736. The van der Waals surface area contributed by atoms with Crippen LogP contribution in [-0.4, -0.2) is 11.1 Å². The summed E-state index contributed by atoms with van der Waals surface area (Å²) in [6.07, 6.45) is 0. The first-order valence-electron chi connectivity index (χ1n) is 5.96. The van der Waals surface area contributed by atoms with E-state index in [-0.39, 0.29) is 11.0 Å². The molecule has 0 spiro atoms. The molecule has 98 valence electrons. The van der Waals surface area contributed by atoms with E-state index in [1.807, 2.05) is 18.2 Å². The summed E-state index contributed by atoms with van der Waals surface area (Å²) in [6, 6.07) is 13.6. The highest BCUT2D eigenvalue weighted by Crippen LogP contribution is 2.23. The molecule has 0 atom stereocenters. The molecule has 0 aliphatic carbocycles. The number of carbonyl (C=O) groups is 1. The molecule has 3 aromatic carbocycles. The van der Waals surface area contributed by atoms with Crippen molar-refractivity contribution < 1.29 is 9.90 Å². The fourth-order valence-electron chi connectivity index (χ4n) is 2.26. The van der Waals surface area contributed by atoms with Crippen molar-refractivity contribution in [2.75, 3.05) is 0 Å². The van der Waals surface area contributed by atoms with Gasteiger partial charge in [-0.2, -0.15) is 0 Å². The molecule has 4 heteroatoms. The lowest BCUT2D eigenvalue weighted by Gasteiger charge is -1.96. The first kappa shape index (κ1) is 12.8. The number of benzene rings is 2. The topological polar surface area (TPSA) is 54.4 Å². The third kappa shape index (κ3) is 1.98. The van der Waals surface area contributed by atoms with E-state index in [1.165, 1.54) is 12.1 Å². The number of rotatable bonds is 1. The molecule has 0 bridgehead atoms. The Hall–Kier alpha value is -2.20. The average molecular weight is 329 g/mol. The largest absolute Gasteiger partial charge is 0.478 e. The van der Waals surface area contributed by atoms with Crippen LogP contribution in [0.1, 0.15) is 10.4 Å². The zero-order chi connectivity index (χ0) is 14.3. The number of hydrogen-bond acceptors (Lipinski definition) is 2. The Balaban J connectivity index is 2.53. The molecular formula is C16H9BrO3. The van der Waals surface area contributed by atoms with Crippen LogP contribution < -0.4 is 5.43 Å². The van der Waals surface area contributed by atoms with E-state index in [1.54, 1.807) is 18.2 Å². The number of aromatic carboxylic acids is 1. The van der Waals surface area contributed by atoms with Gasteiger partial charge in [0.05, 0.1) is 5.56 Å². The highest BCUT2D eigenvalue weighted by atomic mass is 79.9. The normalized spacial score (nSPS) is 10.8. The third-order valence-corrected chi connectivity index (χ3v) is 3.96. The van der Waals surface area contributed by atoms with Crippen molar-refractivity contribution >= 4 is 43.4 Å². The van der Waals surface area contributed by atoms with E-state index in [4.69, 9.17) is 5.11 Å². The minimum Gasteiger partial charge on any atom is -0.478 e. The van der Waals surface area contributed by atoms with Crippen LogP contribution in [0.25, 0.3) is 21.5 Å². The summed E-state index contributed by atoms with van der Waals surface area (Å²) in [4.78, 5) is 23.6. The number of carboxylic acids is 1. The van der Waals surface area contributed by atoms with Gasteiger partial charge in [0.1, 0.15) is 0 Å². The van der Waals surface area contributed by atoms with Crippen LogP contribution in [0.5, 0.6) is 0 Å². The summed E-state index contributed by atoms with van der Waals surface area (Å²) < 4.78 is 0.839. The minimum absolute atomic E-state index is 0.0989. The lowest BCUT2D eigenvalue weighted by atomic mass is 10.1. The van der Waals surface area contributed by atoms with Crippen LogP contribution in [0.4, 0.5) is 0 Å². The zero-order valence-electron chi connectivity index (χ0n) is 10.3. The van der Waals surface area contributed by atoms with Crippen LogP contribution >= 0.6 is 15.9 Å². The van der Waals surface area contributed by atoms with Crippen molar-refractivity contribution in [3.63, 3.8) is 0 Å². The molecule has 0 saturated carbocycles. The molecule has 0 unspecified atom stereocenters. The molecule has 1 N–H and O–H groups in total. The van der Waals surface area contributed by atoms with Crippen LogP contribution in [-0.2, 0) is 0 Å². The first-order chi connectivity index (χ1) is 9.58. The van der Waals surface area contributed by atoms with Gasteiger partial charge in [0.25, 0.3) is 0 Å². The Bertz CT molecular complexity index is 916. The number of fused-ring (bicyclic) bond motifs is 2. The Morgan fingerprint density at radius 3 is 2.45 bits per heavy atom. The van der Waals surface area contributed by atoms with Gasteiger partial charge in [0, 0.05) is 15.2 Å². The first-order valence-corrected chi connectivity index (χ1v) is 6.76. The Labute approximate surface area is 122 Å². The van der Waals surface area contributed by atoms with Crippen molar-refractivity contribution in [2.24, 2.45) is 0 Å². The van der Waals surface area contributed by atoms with E-state index in [0.29, 0.717) is 16.2 Å². The lowest BCUT2D eigenvalue weighted by Crippen LogP contribution is -2.00. The number of carboxylic acid groups (broad SMARTS) is 1. The minimum atomic E-state index is -1.00. The van der Waals surface area contributed by atoms with Crippen LogP contribution in [0, 0.1) is 0 Å². The smallest absolute Gasteiger partial charge is 0.335 e.